The highest BCUT2D eigenvalue weighted by Crippen LogP contribution is 2.46. The summed E-state index contributed by atoms with van der Waals surface area (Å²) in [5.41, 5.74) is 5.18. The lowest BCUT2D eigenvalue weighted by atomic mass is 9.78. The van der Waals surface area contributed by atoms with Gasteiger partial charge in [-0.15, -0.1) is 0 Å². The number of nitriles is 1. The zero-order chi connectivity index (χ0) is 17.6. The van der Waals surface area contributed by atoms with Gasteiger partial charge in [-0.1, -0.05) is 29.8 Å². The molecule has 1 saturated heterocycles. The maximum atomic E-state index is 11.2. The molecule has 1 aromatic carbocycles. The number of para-hydroxylation sites is 1. The summed E-state index contributed by atoms with van der Waals surface area (Å²) in [5.74, 6) is 0.284. The van der Waals surface area contributed by atoms with E-state index in [1.807, 2.05) is 6.92 Å². The minimum absolute atomic E-state index is 0.101. The molecule has 2 aliphatic rings. The van der Waals surface area contributed by atoms with Crippen LogP contribution in [0.25, 0.3) is 10.9 Å². The van der Waals surface area contributed by atoms with Crippen molar-refractivity contribution in [2.75, 3.05) is 6.54 Å². The van der Waals surface area contributed by atoms with E-state index in [1.54, 1.807) is 0 Å². The summed E-state index contributed by atoms with van der Waals surface area (Å²) in [6, 6.07) is 11.1. The summed E-state index contributed by atoms with van der Waals surface area (Å²) in [6.45, 7) is 2.83. The number of fused-ring (bicyclic) bond motifs is 5. The van der Waals surface area contributed by atoms with E-state index >= 15 is 0 Å². The average Bonchev–Trinajstić information content (AvgIpc) is 2.93. The van der Waals surface area contributed by atoms with Gasteiger partial charge in [0.15, 0.2) is 0 Å². The van der Waals surface area contributed by atoms with Crippen molar-refractivity contribution in [3.8, 4) is 6.07 Å². The van der Waals surface area contributed by atoms with E-state index < -0.39 is 0 Å². The number of piperidine rings is 1. The molecular formula is C21H23N3O. The van der Waals surface area contributed by atoms with Crippen LogP contribution in [0, 0.1) is 17.2 Å². The molecule has 2 aliphatic heterocycles. The summed E-state index contributed by atoms with van der Waals surface area (Å²) >= 11 is 0. The van der Waals surface area contributed by atoms with Crippen LogP contribution < -0.4 is 0 Å². The normalized spacial score (nSPS) is 27.7. The predicted molar refractivity (Wildman–Crippen MR) is 98.0 cm³/mol. The Morgan fingerprint density at radius 3 is 2.88 bits per heavy atom. The lowest BCUT2D eigenvalue weighted by molar-refractivity contribution is -0.108. The molecule has 3 atom stereocenters. The third-order valence-corrected chi connectivity index (χ3v) is 6.07. The van der Waals surface area contributed by atoms with Gasteiger partial charge in [0.1, 0.15) is 12.3 Å². The highest BCUT2D eigenvalue weighted by molar-refractivity contribution is 5.86. The fourth-order valence-corrected chi connectivity index (χ4v) is 4.85. The van der Waals surface area contributed by atoms with Gasteiger partial charge in [0.2, 0.25) is 0 Å². The third-order valence-electron chi connectivity index (χ3n) is 6.07. The Balaban J connectivity index is 1.88. The highest BCUT2D eigenvalue weighted by Gasteiger charge is 2.42. The second-order valence-corrected chi connectivity index (χ2v) is 7.18. The molecule has 1 fully saturated rings. The number of allylic oxidation sites excluding steroid dienone is 1. The van der Waals surface area contributed by atoms with Gasteiger partial charge in [-0.3, -0.25) is 4.90 Å². The minimum atomic E-state index is -0.101. The number of benzene rings is 1. The molecule has 0 bridgehead atoms. The number of aldehydes is 1. The summed E-state index contributed by atoms with van der Waals surface area (Å²) in [6.07, 6.45) is 5.43. The number of aryl methyl sites for hydroxylation is 1. The van der Waals surface area contributed by atoms with Crippen molar-refractivity contribution in [2.45, 2.75) is 38.3 Å². The van der Waals surface area contributed by atoms with Crippen LogP contribution in [0.15, 0.2) is 35.9 Å². The van der Waals surface area contributed by atoms with Gasteiger partial charge >= 0.3 is 0 Å². The van der Waals surface area contributed by atoms with Gasteiger partial charge in [-0.25, -0.2) is 0 Å². The Kier molecular flexibility index (Phi) is 3.97. The van der Waals surface area contributed by atoms with Crippen LogP contribution in [-0.4, -0.2) is 28.3 Å². The molecule has 0 unspecified atom stereocenters. The van der Waals surface area contributed by atoms with Crippen LogP contribution in [0.3, 0.4) is 0 Å². The molecule has 4 heteroatoms. The molecule has 1 aromatic heterocycles. The van der Waals surface area contributed by atoms with Crippen LogP contribution in [-0.2, 0) is 18.3 Å². The molecule has 0 radical (unpaired) electrons. The monoisotopic (exact) mass is 333 g/mol. The van der Waals surface area contributed by atoms with Gasteiger partial charge in [0.25, 0.3) is 0 Å². The summed E-state index contributed by atoms with van der Waals surface area (Å²) < 4.78 is 2.30. The molecule has 0 saturated carbocycles. The van der Waals surface area contributed by atoms with Gasteiger partial charge < -0.3 is 9.36 Å². The quantitative estimate of drug-likeness (QED) is 0.624. The van der Waals surface area contributed by atoms with Crippen molar-refractivity contribution in [2.24, 2.45) is 13.0 Å². The summed E-state index contributed by atoms with van der Waals surface area (Å²) in [7, 11) is 2.13. The number of carbonyl (C=O) groups is 1. The van der Waals surface area contributed by atoms with E-state index in [2.05, 4.69) is 52.9 Å². The number of carbonyl (C=O) groups excluding carboxylic acids is 1. The van der Waals surface area contributed by atoms with E-state index in [9.17, 15) is 10.1 Å². The Hall–Kier alpha value is -2.38. The van der Waals surface area contributed by atoms with Crippen LogP contribution in [0.4, 0.5) is 0 Å². The standard InChI is InChI=1S/C21H23N3O/c1-3-14-13-24-16(12-22)11-18-17-6-4-5-7-19(17)23(2)21(18)20(24)10-15(14)8-9-25/h3-7,9,15-16,20H,8,10-11,13H2,1-2H3/b14-3-/t15-,16+,20-/m0/s1. The number of hydrogen-bond acceptors (Lipinski definition) is 3. The van der Waals surface area contributed by atoms with E-state index in [0.717, 1.165) is 25.7 Å². The zero-order valence-corrected chi connectivity index (χ0v) is 14.8. The lowest BCUT2D eigenvalue weighted by Gasteiger charge is -2.46. The fraction of sp³-hybridized carbons (Fsp3) is 0.429. The molecule has 4 rings (SSSR count). The molecule has 128 valence electrons. The molecule has 25 heavy (non-hydrogen) atoms. The molecule has 0 amide bonds. The summed E-state index contributed by atoms with van der Waals surface area (Å²) in [4.78, 5) is 13.5. The largest absolute Gasteiger partial charge is 0.346 e. The maximum Gasteiger partial charge on any atom is 0.120 e. The van der Waals surface area contributed by atoms with Crippen LogP contribution >= 0.6 is 0 Å². The van der Waals surface area contributed by atoms with E-state index in [0.29, 0.717) is 6.42 Å². The molecular weight excluding hydrogens is 310 g/mol. The van der Waals surface area contributed by atoms with Crippen LogP contribution in [0.2, 0.25) is 0 Å². The van der Waals surface area contributed by atoms with Crippen LogP contribution in [0.5, 0.6) is 0 Å². The Morgan fingerprint density at radius 2 is 2.16 bits per heavy atom. The second-order valence-electron chi connectivity index (χ2n) is 7.18. The van der Waals surface area contributed by atoms with Crippen molar-refractivity contribution in [3.63, 3.8) is 0 Å². The van der Waals surface area contributed by atoms with E-state index in [1.165, 1.54) is 27.7 Å². The first-order valence-corrected chi connectivity index (χ1v) is 8.99. The van der Waals surface area contributed by atoms with Crippen molar-refractivity contribution < 1.29 is 4.79 Å². The van der Waals surface area contributed by atoms with Gasteiger partial charge in [0, 0.05) is 43.0 Å². The predicted octanol–water partition coefficient (Wildman–Crippen LogP) is 3.52. The van der Waals surface area contributed by atoms with E-state index in [-0.39, 0.29) is 18.0 Å². The first-order chi connectivity index (χ1) is 12.2. The molecule has 0 N–H and O–H groups in total. The first kappa shape index (κ1) is 16.1. The molecule has 2 aromatic rings. The van der Waals surface area contributed by atoms with Gasteiger partial charge in [-0.2, -0.15) is 5.26 Å². The second kappa shape index (κ2) is 6.16. The Morgan fingerprint density at radius 1 is 1.36 bits per heavy atom. The molecule has 4 nitrogen and oxygen atoms in total. The maximum absolute atomic E-state index is 11.2. The first-order valence-electron chi connectivity index (χ1n) is 8.99. The number of rotatable bonds is 2. The third kappa shape index (κ3) is 2.34. The molecule has 0 spiro atoms. The Labute approximate surface area is 148 Å². The molecule has 3 heterocycles. The van der Waals surface area contributed by atoms with Crippen LogP contribution in [0.1, 0.15) is 37.1 Å². The van der Waals surface area contributed by atoms with Crippen molar-refractivity contribution >= 4 is 17.2 Å². The number of nitrogens with zero attached hydrogens (tertiary/aromatic N) is 3. The van der Waals surface area contributed by atoms with Crippen molar-refractivity contribution in [1.29, 1.82) is 5.26 Å². The fourth-order valence-electron chi connectivity index (χ4n) is 4.85. The summed E-state index contributed by atoms with van der Waals surface area (Å²) in [5, 5.41) is 11.1. The van der Waals surface area contributed by atoms with Crippen molar-refractivity contribution in [1.82, 2.24) is 9.47 Å². The average molecular weight is 333 g/mol. The minimum Gasteiger partial charge on any atom is -0.346 e. The van der Waals surface area contributed by atoms with E-state index in [4.69, 9.17) is 0 Å². The van der Waals surface area contributed by atoms with Gasteiger partial charge in [0.05, 0.1) is 12.1 Å². The zero-order valence-electron chi connectivity index (χ0n) is 14.8. The number of aromatic nitrogens is 1. The number of hydrogen-bond donors (Lipinski definition) is 0. The highest BCUT2D eigenvalue weighted by atomic mass is 16.1. The Bertz CT molecular complexity index is 902. The molecule has 0 aliphatic carbocycles. The van der Waals surface area contributed by atoms with Crippen molar-refractivity contribution in [3.05, 3.63) is 47.2 Å². The van der Waals surface area contributed by atoms with Gasteiger partial charge in [-0.05, 0) is 30.9 Å². The SMILES string of the molecule is C/C=C1/CN2[C@@H](C#N)Cc3c(n(C)c4ccccc34)[C@@H]2C[C@@H]1CC=O. The smallest absolute Gasteiger partial charge is 0.120 e. The lowest BCUT2D eigenvalue weighted by Crippen LogP contribution is -2.48. The topological polar surface area (TPSA) is 49.0 Å².